The van der Waals surface area contributed by atoms with Crippen LogP contribution in [0.15, 0.2) is 206 Å². The Morgan fingerprint density at radius 2 is 0.810 bits per heavy atom. The molecule has 3 heterocycles. The van der Waals surface area contributed by atoms with E-state index in [-0.39, 0.29) is 0 Å². The predicted octanol–water partition coefficient (Wildman–Crippen LogP) is 15.5. The number of imidazole rings is 1. The first-order chi connectivity index (χ1) is 28.7. The zero-order valence-corrected chi connectivity index (χ0v) is 32.2. The van der Waals surface area contributed by atoms with Gasteiger partial charge in [0.1, 0.15) is 0 Å². The largest absolute Gasteiger partial charge is 0.291 e. The summed E-state index contributed by atoms with van der Waals surface area (Å²) in [6.07, 6.45) is 0. The molecule has 3 heteroatoms. The van der Waals surface area contributed by atoms with Gasteiger partial charge >= 0.3 is 0 Å². The third-order valence-electron chi connectivity index (χ3n) is 11.8. The average Bonchev–Trinajstić information content (AvgIpc) is 3.89. The minimum absolute atomic E-state index is 1.01. The Bertz CT molecular complexity index is 3470. The van der Waals surface area contributed by atoms with Gasteiger partial charge in [-0.1, -0.05) is 176 Å². The second kappa shape index (κ2) is 13.1. The molecular weight excluding hydrogens is 721 g/mol. The molecule has 0 unspecified atom stereocenters. The van der Waals surface area contributed by atoms with Crippen molar-refractivity contribution in [2.45, 2.75) is 0 Å². The van der Waals surface area contributed by atoms with Gasteiger partial charge in [0.05, 0.1) is 21.4 Å². The van der Waals surface area contributed by atoms with Crippen LogP contribution < -0.4 is 0 Å². The number of thiophene rings is 1. The van der Waals surface area contributed by atoms with Crippen molar-refractivity contribution < 1.29 is 0 Å². The number of rotatable bonds is 5. The van der Waals surface area contributed by atoms with Crippen molar-refractivity contribution in [1.29, 1.82) is 0 Å². The van der Waals surface area contributed by atoms with Gasteiger partial charge in [-0.25, -0.2) is 4.98 Å². The van der Waals surface area contributed by atoms with E-state index in [2.05, 4.69) is 211 Å². The topological polar surface area (TPSA) is 17.3 Å². The Morgan fingerprint density at radius 1 is 0.328 bits per heavy atom. The summed E-state index contributed by atoms with van der Waals surface area (Å²) < 4.78 is 4.92. The van der Waals surface area contributed by atoms with E-state index in [1.807, 2.05) is 11.3 Å². The highest BCUT2D eigenvalue weighted by Crippen LogP contribution is 2.44. The molecule has 0 radical (unpaired) electrons. The standard InChI is InChI=1S/C55H34N2S/c1-3-11-35(12-4-1)43-31-44(36-13-5-2-6-14-36)33-45(32-43)39-21-19-37(20-22-39)38-23-25-42(26-24-38)51-34-49-48-29-27-41-16-8-10-18-47(41)53(48)58-54(49)55-56-52-46-17-9-7-15-40(46)28-30-50(52)57(51)55/h1-34H. The molecule has 0 aliphatic heterocycles. The zero-order chi connectivity index (χ0) is 38.2. The van der Waals surface area contributed by atoms with Crippen LogP contribution >= 0.6 is 11.3 Å². The molecule has 0 fully saturated rings. The van der Waals surface area contributed by atoms with E-state index in [4.69, 9.17) is 4.98 Å². The summed E-state index contributed by atoms with van der Waals surface area (Å²) in [4.78, 5) is 5.45. The summed E-state index contributed by atoms with van der Waals surface area (Å²) >= 11 is 1.86. The first-order valence-corrected chi connectivity index (χ1v) is 20.6. The number of pyridine rings is 1. The normalized spacial score (nSPS) is 11.8. The van der Waals surface area contributed by atoms with E-state index in [0.717, 1.165) is 27.9 Å². The fourth-order valence-corrected chi connectivity index (χ4v) is 10.1. The number of fused-ring (bicyclic) bond motifs is 11. The Hall–Kier alpha value is -7.33. The van der Waals surface area contributed by atoms with Crippen molar-refractivity contribution in [1.82, 2.24) is 9.38 Å². The van der Waals surface area contributed by atoms with E-state index >= 15 is 0 Å². The van der Waals surface area contributed by atoms with Gasteiger partial charge in [-0.15, -0.1) is 11.3 Å². The summed E-state index contributed by atoms with van der Waals surface area (Å²) in [5.74, 6) is 0. The van der Waals surface area contributed by atoms with Crippen LogP contribution in [0.4, 0.5) is 0 Å². The molecule has 0 aliphatic rings. The van der Waals surface area contributed by atoms with Crippen LogP contribution in [0.2, 0.25) is 0 Å². The molecule has 3 aromatic heterocycles. The third-order valence-corrected chi connectivity index (χ3v) is 13.0. The Labute approximate surface area is 339 Å². The number of hydrogen-bond donors (Lipinski definition) is 0. The van der Waals surface area contributed by atoms with Crippen LogP contribution in [-0.4, -0.2) is 9.38 Å². The maximum atomic E-state index is 5.45. The van der Waals surface area contributed by atoms with Crippen molar-refractivity contribution >= 4 is 69.7 Å². The first-order valence-electron chi connectivity index (χ1n) is 19.8. The third kappa shape index (κ3) is 5.28. The molecule has 12 aromatic rings. The summed E-state index contributed by atoms with van der Waals surface area (Å²) in [5.41, 5.74) is 15.1. The smallest absolute Gasteiger partial charge is 0.156 e. The van der Waals surface area contributed by atoms with Crippen molar-refractivity contribution in [3.05, 3.63) is 206 Å². The summed E-state index contributed by atoms with van der Waals surface area (Å²) in [7, 11) is 0. The maximum absolute atomic E-state index is 5.45. The quantitative estimate of drug-likeness (QED) is 0.171. The van der Waals surface area contributed by atoms with E-state index < -0.39 is 0 Å². The van der Waals surface area contributed by atoms with Gasteiger partial charge in [0.15, 0.2) is 5.65 Å². The molecule has 0 aliphatic carbocycles. The molecule has 270 valence electrons. The highest BCUT2D eigenvalue weighted by molar-refractivity contribution is 7.27. The van der Waals surface area contributed by atoms with Gasteiger partial charge in [-0.3, -0.25) is 4.40 Å². The van der Waals surface area contributed by atoms with E-state index in [0.29, 0.717) is 0 Å². The Balaban J connectivity index is 0.972. The molecule has 0 spiro atoms. The number of aromatic nitrogens is 2. The van der Waals surface area contributed by atoms with Crippen LogP contribution in [0.25, 0.3) is 114 Å². The zero-order valence-electron chi connectivity index (χ0n) is 31.4. The SMILES string of the molecule is c1ccc(-c2cc(-c3ccccc3)cc(-c3ccc(-c4ccc(-c5cc6c7ccc8ccccc8c7sc6c6nc7c8ccccc8ccc7n56)cc4)cc3)c2)cc1. The predicted molar refractivity (Wildman–Crippen MR) is 248 cm³/mol. The van der Waals surface area contributed by atoms with Crippen LogP contribution in [0.3, 0.4) is 0 Å². The van der Waals surface area contributed by atoms with E-state index in [1.165, 1.54) is 86.2 Å². The second-order valence-corrected chi connectivity index (χ2v) is 16.2. The lowest BCUT2D eigenvalue weighted by Gasteiger charge is -2.12. The van der Waals surface area contributed by atoms with Crippen LogP contribution in [0.5, 0.6) is 0 Å². The highest BCUT2D eigenvalue weighted by atomic mass is 32.1. The molecule has 58 heavy (non-hydrogen) atoms. The molecule has 0 saturated carbocycles. The second-order valence-electron chi connectivity index (χ2n) is 15.1. The molecule has 0 atom stereocenters. The fraction of sp³-hybridized carbons (Fsp3) is 0. The van der Waals surface area contributed by atoms with Crippen molar-refractivity contribution in [3.63, 3.8) is 0 Å². The van der Waals surface area contributed by atoms with Gasteiger partial charge in [-0.2, -0.15) is 0 Å². The molecule has 0 bridgehead atoms. The van der Waals surface area contributed by atoms with Gasteiger partial charge in [0, 0.05) is 20.9 Å². The molecule has 2 nitrogen and oxygen atoms in total. The molecule has 0 N–H and O–H groups in total. The Morgan fingerprint density at radius 3 is 1.43 bits per heavy atom. The van der Waals surface area contributed by atoms with Gasteiger partial charge < -0.3 is 0 Å². The van der Waals surface area contributed by atoms with E-state index in [9.17, 15) is 0 Å². The van der Waals surface area contributed by atoms with Gasteiger partial charge in [-0.05, 0) is 96.6 Å². The molecule has 12 rings (SSSR count). The van der Waals surface area contributed by atoms with Crippen LogP contribution in [-0.2, 0) is 0 Å². The fourth-order valence-electron chi connectivity index (χ4n) is 8.85. The number of benzene rings is 9. The van der Waals surface area contributed by atoms with Crippen molar-refractivity contribution in [2.24, 2.45) is 0 Å². The lowest BCUT2D eigenvalue weighted by atomic mass is 9.92. The maximum Gasteiger partial charge on any atom is 0.156 e. The van der Waals surface area contributed by atoms with Crippen LogP contribution in [0, 0.1) is 0 Å². The molecular formula is C55H34N2S. The summed E-state index contributed by atoms with van der Waals surface area (Å²) in [5, 5.41) is 7.46. The molecule has 0 amide bonds. The lowest BCUT2D eigenvalue weighted by molar-refractivity contribution is 1.25. The van der Waals surface area contributed by atoms with Crippen LogP contribution in [0.1, 0.15) is 0 Å². The number of nitrogens with zero attached hydrogens (tertiary/aromatic N) is 2. The van der Waals surface area contributed by atoms with E-state index in [1.54, 1.807) is 0 Å². The molecule has 9 aromatic carbocycles. The first kappa shape index (κ1) is 32.9. The Kier molecular flexibility index (Phi) is 7.44. The minimum Gasteiger partial charge on any atom is -0.291 e. The van der Waals surface area contributed by atoms with Gasteiger partial charge in [0.25, 0.3) is 0 Å². The van der Waals surface area contributed by atoms with Crippen molar-refractivity contribution in [2.75, 3.05) is 0 Å². The number of hydrogen-bond acceptors (Lipinski definition) is 2. The lowest BCUT2D eigenvalue weighted by Crippen LogP contribution is -1.93. The summed E-state index contributed by atoms with van der Waals surface area (Å²) in [6, 6.07) is 75.0. The average molecular weight is 755 g/mol. The highest BCUT2D eigenvalue weighted by Gasteiger charge is 2.20. The van der Waals surface area contributed by atoms with Gasteiger partial charge in [0.2, 0.25) is 0 Å². The molecule has 0 saturated heterocycles. The van der Waals surface area contributed by atoms with Crippen molar-refractivity contribution in [3.8, 4) is 55.8 Å². The monoisotopic (exact) mass is 754 g/mol. The minimum atomic E-state index is 1.01. The summed E-state index contributed by atoms with van der Waals surface area (Å²) in [6.45, 7) is 0.